The number of aryl methyl sites for hydroxylation is 1. The monoisotopic (exact) mass is 307 g/mol. The largest absolute Gasteiger partial charge is 0.399 e. The molecule has 6 heteroatoms. The average Bonchev–Trinajstić information content (AvgIpc) is 2.83. The molecule has 1 aromatic carbocycles. The Bertz CT molecular complexity index is 580. The second-order valence-corrected chi connectivity index (χ2v) is 6.50. The van der Waals surface area contributed by atoms with Crippen molar-refractivity contribution in [2.24, 2.45) is 0 Å². The van der Waals surface area contributed by atoms with Crippen LogP contribution in [0.15, 0.2) is 34.5 Å². The van der Waals surface area contributed by atoms with Crippen molar-refractivity contribution in [3.63, 3.8) is 0 Å². The lowest BCUT2D eigenvalue weighted by Crippen LogP contribution is -2.24. The second-order valence-electron chi connectivity index (χ2n) is 4.37. The first-order chi connectivity index (χ1) is 9.58. The Morgan fingerprint density at radius 2 is 2.15 bits per heavy atom. The van der Waals surface area contributed by atoms with Gasteiger partial charge in [0.1, 0.15) is 0 Å². The molecule has 0 fully saturated rings. The van der Waals surface area contributed by atoms with Gasteiger partial charge in [-0.15, -0.1) is 23.1 Å². The van der Waals surface area contributed by atoms with E-state index in [1.54, 1.807) is 11.8 Å². The van der Waals surface area contributed by atoms with Crippen molar-refractivity contribution in [2.75, 3.05) is 11.1 Å². The van der Waals surface area contributed by atoms with Gasteiger partial charge >= 0.3 is 0 Å². The molecule has 20 heavy (non-hydrogen) atoms. The Hall–Kier alpha value is -1.53. The summed E-state index contributed by atoms with van der Waals surface area (Å²) in [6.07, 6.45) is 0.755. The first-order valence-corrected chi connectivity index (χ1v) is 8.09. The molecule has 1 amide bonds. The van der Waals surface area contributed by atoms with E-state index in [4.69, 9.17) is 5.73 Å². The van der Waals surface area contributed by atoms with Crippen LogP contribution in [0.5, 0.6) is 0 Å². The summed E-state index contributed by atoms with van der Waals surface area (Å²) in [4.78, 5) is 17.5. The Balaban J connectivity index is 2.00. The molecule has 4 nitrogen and oxygen atoms in total. The summed E-state index contributed by atoms with van der Waals surface area (Å²) in [5, 5.41) is 5.31. The SMILES string of the molecule is CCC(Sc1ccc(N)cc1)C(=O)Nc1nc(C)cs1. The van der Waals surface area contributed by atoms with Gasteiger partial charge in [0.15, 0.2) is 5.13 Å². The normalized spacial score (nSPS) is 12.1. The molecule has 0 bridgehead atoms. The van der Waals surface area contributed by atoms with E-state index in [0.717, 1.165) is 22.7 Å². The molecule has 0 aliphatic carbocycles. The van der Waals surface area contributed by atoms with Crippen molar-refractivity contribution in [3.8, 4) is 0 Å². The highest BCUT2D eigenvalue weighted by Crippen LogP contribution is 2.27. The van der Waals surface area contributed by atoms with Crippen molar-refractivity contribution in [1.29, 1.82) is 0 Å². The first kappa shape index (κ1) is 14.9. The summed E-state index contributed by atoms with van der Waals surface area (Å²) < 4.78 is 0. The number of benzene rings is 1. The van der Waals surface area contributed by atoms with Crippen LogP contribution in [-0.4, -0.2) is 16.1 Å². The maximum atomic E-state index is 12.2. The van der Waals surface area contributed by atoms with Crippen molar-refractivity contribution in [3.05, 3.63) is 35.3 Å². The molecule has 0 aliphatic rings. The zero-order chi connectivity index (χ0) is 14.5. The van der Waals surface area contributed by atoms with E-state index in [1.807, 2.05) is 43.5 Å². The highest BCUT2D eigenvalue weighted by atomic mass is 32.2. The molecule has 2 rings (SSSR count). The number of thiazole rings is 1. The van der Waals surface area contributed by atoms with E-state index in [-0.39, 0.29) is 11.2 Å². The van der Waals surface area contributed by atoms with Crippen LogP contribution in [0.25, 0.3) is 0 Å². The molecular weight excluding hydrogens is 290 g/mol. The summed E-state index contributed by atoms with van der Waals surface area (Å²) in [6, 6.07) is 7.56. The van der Waals surface area contributed by atoms with E-state index >= 15 is 0 Å². The number of rotatable bonds is 5. The van der Waals surface area contributed by atoms with Gasteiger partial charge in [-0.2, -0.15) is 0 Å². The molecule has 0 saturated carbocycles. The predicted octanol–water partition coefficient (Wildman–Crippen LogP) is 3.54. The number of nitrogen functional groups attached to an aromatic ring is 1. The molecule has 1 unspecified atom stereocenters. The Morgan fingerprint density at radius 3 is 2.70 bits per heavy atom. The molecule has 1 aromatic heterocycles. The fourth-order valence-corrected chi connectivity index (χ4v) is 3.28. The van der Waals surface area contributed by atoms with Crippen LogP contribution in [0, 0.1) is 6.92 Å². The number of thioether (sulfide) groups is 1. The van der Waals surface area contributed by atoms with Crippen molar-refractivity contribution < 1.29 is 4.79 Å². The lowest BCUT2D eigenvalue weighted by Gasteiger charge is -2.13. The zero-order valence-electron chi connectivity index (χ0n) is 11.4. The number of carbonyl (C=O) groups is 1. The number of amides is 1. The number of hydrogen-bond donors (Lipinski definition) is 2. The number of carbonyl (C=O) groups excluding carboxylic acids is 1. The molecule has 1 atom stereocenters. The van der Waals surface area contributed by atoms with Gasteiger partial charge in [-0.05, 0) is 37.6 Å². The average molecular weight is 307 g/mol. The highest BCUT2D eigenvalue weighted by Gasteiger charge is 2.18. The molecule has 106 valence electrons. The standard InChI is InChI=1S/C14H17N3OS2/c1-3-12(20-11-6-4-10(15)5-7-11)13(18)17-14-16-9(2)8-19-14/h4-8,12H,3,15H2,1-2H3,(H,16,17,18). The molecule has 2 aromatic rings. The molecular formula is C14H17N3OS2. The summed E-state index contributed by atoms with van der Waals surface area (Å²) >= 11 is 2.99. The van der Waals surface area contributed by atoms with Gasteiger partial charge in [-0.3, -0.25) is 4.79 Å². The Labute approximate surface area is 126 Å². The van der Waals surface area contributed by atoms with E-state index in [1.165, 1.54) is 11.3 Å². The topological polar surface area (TPSA) is 68.0 Å². The van der Waals surface area contributed by atoms with Crippen LogP contribution in [0.2, 0.25) is 0 Å². The maximum absolute atomic E-state index is 12.2. The molecule has 1 heterocycles. The van der Waals surface area contributed by atoms with E-state index in [9.17, 15) is 4.79 Å². The highest BCUT2D eigenvalue weighted by molar-refractivity contribution is 8.00. The molecule has 0 radical (unpaired) electrons. The summed E-state index contributed by atoms with van der Waals surface area (Å²) in [7, 11) is 0. The first-order valence-electron chi connectivity index (χ1n) is 6.33. The fraction of sp³-hybridized carbons (Fsp3) is 0.286. The lowest BCUT2D eigenvalue weighted by atomic mass is 10.3. The van der Waals surface area contributed by atoms with Crippen LogP contribution >= 0.6 is 23.1 Å². The minimum absolute atomic E-state index is 0.0105. The molecule has 0 saturated heterocycles. The minimum atomic E-state index is -0.136. The van der Waals surface area contributed by atoms with E-state index in [2.05, 4.69) is 10.3 Å². The zero-order valence-corrected chi connectivity index (χ0v) is 13.1. The smallest absolute Gasteiger partial charge is 0.239 e. The van der Waals surface area contributed by atoms with Crippen LogP contribution in [0.4, 0.5) is 10.8 Å². The second kappa shape index (κ2) is 6.76. The van der Waals surface area contributed by atoms with Gasteiger partial charge in [-0.25, -0.2) is 4.98 Å². The number of nitrogens with one attached hydrogen (secondary N) is 1. The number of aromatic nitrogens is 1. The van der Waals surface area contributed by atoms with Crippen LogP contribution in [-0.2, 0) is 4.79 Å². The summed E-state index contributed by atoms with van der Waals surface area (Å²) in [5.41, 5.74) is 7.31. The van der Waals surface area contributed by atoms with Crippen LogP contribution in [0.3, 0.4) is 0 Å². The minimum Gasteiger partial charge on any atom is -0.399 e. The molecule has 0 spiro atoms. The third kappa shape index (κ3) is 3.98. The summed E-state index contributed by atoms with van der Waals surface area (Å²) in [6.45, 7) is 3.91. The van der Waals surface area contributed by atoms with Crippen LogP contribution in [0.1, 0.15) is 19.0 Å². The lowest BCUT2D eigenvalue weighted by molar-refractivity contribution is -0.115. The Morgan fingerprint density at radius 1 is 1.45 bits per heavy atom. The third-order valence-electron chi connectivity index (χ3n) is 2.67. The predicted molar refractivity (Wildman–Crippen MR) is 86.3 cm³/mol. The number of anilines is 2. The number of hydrogen-bond acceptors (Lipinski definition) is 5. The molecule has 0 aliphatic heterocycles. The third-order valence-corrected chi connectivity index (χ3v) is 4.92. The maximum Gasteiger partial charge on any atom is 0.239 e. The van der Waals surface area contributed by atoms with Crippen molar-refractivity contribution in [2.45, 2.75) is 30.4 Å². The van der Waals surface area contributed by atoms with Crippen LogP contribution < -0.4 is 11.1 Å². The fourth-order valence-electron chi connectivity index (χ4n) is 1.63. The van der Waals surface area contributed by atoms with Gasteiger partial charge in [0.2, 0.25) is 5.91 Å². The van der Waals surface area contributed by atoms with Gasteiger partial charge in [-0.1, -0.05) is 6.92 Å². The Kier molecular flexibility index (Phi) is 5.03. The van der Waals surface area contributed by atoms with Crippen molar-refractivity contribution >= 4 is 39.8 Å². The quantitative estimate of drug-likeness (QED) is 0.655. The van der Waals surface area contributed by atoms with Gasteiger partial charge in [0, 0.05) is 16.0 Å². The van der Waals surface area contributed by atoms with Crippen molar-refractivity contribution in [1.82, 2.24) is 4.98 Å². The van der Waals surface area contributed by atoms with E-state index < -0.39 is 0 Å². The molecule has 3 N–H and O–H groups in total. The number of nitrogens with two attached hydrogens (primary N) is 1. The number of nitrogens with zero attached hydrogens (tertiary/aromatic N) is 1. The van der Waals surface area contributed by atoms with Gasteiger partial charge in [0.05, 0.1) is 10.9 Å². The van der Waals surface area contributed by atoms with Gasteiger partial charge in [0.25, 0.3) is 0 Å². The van der Waals surface area contributed by atoms with E-state index in [0.29, 0.717) is 5.13 Å². The summed E-state index contributed by atoms with van der Waals surface area (Å²) in [5.74, 6) is -0.0105. The van der Waals surface area contributed by atoms with Gasteiger partial charge < -0.3 is 11.1 Å².